The highest BCUT2D eigenvalue weighted by Crippen LogP contribution is 2.26. The molecule has 1 saturated heterocycles. The second-order valence-electron chi connectivity index (χ2n) is 5.82. The summed E-state index contributed by atoms with van der Waals surface area (Å²) in [5.74, 6) is 1.75. The number of aliphatic hydroxyl groups is 1. The number of aliphatic hydroxyl groups excluding tert-OH is 1. The van der Waals surface area contributed by atoms with E-state index >= 15 is 0 Å². The minimum absolute atomic E-state index is 0.166. The molecule has 1 aliphatic rings. The first kappa shape index (κ1) is 15.3. The molecule has 1 atom stereocenters. The molecule has 1 N–H and O–H groups in total. The van der Waals surface area contributed by atoms with Gasteiger partial charge in [0.25, 0.3) is 0 Å². The van der Waals surface area contributed by atoms with E-state index in [1.807, 2.05) is 19.1 Å². The number of piperidine rings is 1. The molecule has 0 saturated carbocycles. The summed E-state index contributed by atoms with van der Waals surface area (Å²) in [5.41, 5.74) is 1.32. The molecular formula is C17H27NO2. The number of methoxy groups -OCH3 is 1. The van der Waals surface area contributed by atoms with E-state index in [2.05, 4.69) is 17.0 Å². The predicted molar refractivity (Wildman–Crippen MR) is 82.2 cm³/mol. The molecule has 3 nitrogen and oxygen atoms in total. The summed E-state index contributed by atoms with van der Waals surface area (Å²) in [6.07, 6.45) is 4.22. The van der Waals surface area contributed by atoms with Crippen LogP contribution in [0.25, 0.3) is 0 Å². The molecule has 0 radical (unpaired) electrons. The Morgan fingerprint density at radius 1 is 1.30 bits per heavy atom. The van der Waals surface area contributed by atoms with Gasteiger partial charge in [-0.3, -0.25) is 0 Å². The Balaban J connectivity index is 1.82. The third-order valence-corrected chi connectivity index (χ3v) is 4.35. The van der Waals surface area contributed by atoms with Crippen molar-refractivity contribution >= 4 is 0 Å². The molecule has 1 unspecified atom stereocenters. The summed E-state index contributed by atoms with van der Waals surface area (Å²) in [4.78, 5) is 2.40. The Hall–Kier alpha value is -1.06. The fraction of sp³-hybridized carbons (Fsp3) is 0.647. The molecule has 1 fully saturated rings. The molecule has 0 bridgehead atoms. The van der Waals surface area contributed by atoms with Gasteiger partial charge in [0, 0.05) is 6.54 Å². The zero-order valence-electron chi connectivity index (χ0n) is 12.7. The summed E-state index contributed by atoms with van der Waals surface area (Å²) >= 11 is 0. The fourth-order valence-electron chi connectivity index (χ4n) is 2.98. The van der Waals surface area contributed by atoms with E-state index in [4.69, 9.17) is 4.74 Å². The molecule has 3 heteroatoms. The predicted octanol–water partition coefficient (Wildman–Crippen LogP) is 2.72. The van der Waals surface area contributed by atoms with Crippen LogP contribution in [-0.4, -0.2) is 42.9 Å². The maximum atomic E-state index is 9.72. The average molecular weight is 277 g/mol. The van der Waals surface area contributed by atoms with Crippen LogP contribution in [0.4, 0.5) is 0 Å². The van der Waals surface area contributed by atoms with Crippen molar-refractivity contribution in [2.45, 2.75) is 38.7 Å². The maximum absolute atomic E-state index is 9.72. The third-order valence-electron chi connectivity index (χ3n) is 4.35. The van der Waals surface area contributed by atoms with Crippen molar-refractivity contribution in [3.8, 4) is 5.75 Å². The van der Waals surface area contributed by atoms with Crippen molar-refractivity contribution in [3.05, 3.63) is 29.8 Å². The molecule has 0 aromatic heterocycles. The molecule has 0 amide bonds. The summed E-state index contributed by atoms with van der Waals surface area (Å²) < 4.78 is 5.43. The molecule has 1 aromatic rings. The molecule has 2 rings (SSSR count). The fourth-order valence-corrected chi connectivity index (χ4v) is 2.98. The van der Waals surface area contributed by atoms with Crippen LogP contribution in [0.2, 0.25) is 0 Å². The SMILES string of the molecule is CCC(O)CN1CCC(Cc2ccccc2OC)CC1. The highest BCUT2D eigenvalue weighted by Gasteiger charge is 2.21. The summed E-state index contributed by atoms with van der Waals surface area (Å²) in [7, 11) is 1.74. The summed E-state index contributed by atoms with van der Waals surface area (Å²) in [6.45, 7) is 5.09. The lowest BCUT2D eigenvalue weighted by Crippen LogP contribution is -2.39. The van der Waals surface area contributed by atoms with E-state index in [-0.39, 0.29) is 6.10 Å². The molecule has 20 heavy (non-hydrogen) atoms. The number of ether oxygens (including phenoxy) is 1. The standard InChI is InChI=1S/C17H27NO2/c1-3-16(19)13-18-10-8-14(9-11-18)12-15-6-4-5-7-17(15)20-2/h4-7,14,16,19H,3,8-13H2,1-2H3. The molecule has 1 heterocycles. The smallest absolute Gasteiger partial charge is 0.122 e. The summed E-state index contributed by atoms with van der Waals surface area (Å²) in [5, 5.41) is 9.72. The van der Waals surface area contributed by atoms with Gasteiger partial charge < -0.3 is 14.7 Å². The highest BCUT2D eigenvalue weighted by molar-refractivity contribution is 5.33. The van der Waals surface area contributed by atoms with E-state index < -0.39 is 0 Å². The minimum Gasteiger partial charge on any atom is -0.496 e. The van der Waals surface area contributed by atoms with Crippen LogP contribution < -0.4 is 4.74 Å². The second kappa shape index (κ2) is 7.65. The van der Waals surface area contributed by atoms with Crippen molar-refractivity contribution in [1.82, 2.24) is 4.90 Å². The van der Waals surface area contributed by atoms with Gasteiger partial charge in [0.2, 0.25) is 0 Å². The minimum atomic E-state index is -0.166. The van der Waals surface area contributed by atoms with Crippen molar-refractivity contribution in [1.29, 1.82) is 0 Å². The van der Waals surface area contributed by atoms with E-state index in [0.717, 1.165) is 44.1 Å². The number of hydrogen-bond donors (Lipinski definition) is 1. The number of nitrogens with zero attached hydrogens (tertiary/aromatic N) is 1. The lowest BCUT2D eigenvalue weighted by atomic mass is 9.89. The first-order valence-corrected chi connectivity index (χ1v) is 7.75. The molecular weight excluding hydrogens is 250 g/mol. The average Bonchev–Trinajstić information content (AvgIpc) is 2.49. The van der Waals surface area contributed by atoms with Crippen LogP contribution in [-0.2, 0) is 6.42 Å². The van der Waals surface area contributed by atoms with Crippen LogP contribution in [0, 0.1) is 5.92 Å². The Kier molecular flexibility index (Phi) is 5.86. The van der Waals surface area contributed by atoms with Gasteiger partial charge in [0.05, 0.1) is 13.2 Å². The van der Waals surface area contributed by atoms with Crippen LogP contribution in [0.1, 0.15) is 31.7 Å². The quantitative estimate of drug-likeness (QED) is 0.868. The van der Waals surface area contributed by atoms with Crippen molar-refractivity contribution in [2.24, 2.45) is 5.92 Å². The number of hydrogen-bond acceptors (Lipinski definition) is 3. The maximum Gasteiger partial charge on any atom is 0.122 e. The topological polar surface area (TPSA) is 32.7 Å². The van der Waals surface area contributed by atoms with Gasteiger partial charge in [0.1, 0.15) is 5.75 Å². The molecule has 1 aromatic carbocycles. The third kappa shape index (κ3) is 4.22. The van der Waals surface area contributed by atoms with Crippen LogP contribution >= 0.6 is 0 Å². The largest absolute Gasteiger partial charge is 0.496 e. The number of para-hydroxylation sites is 1. The first-order valence-electron chi connectivity index (χ1n) is 7.75. The Labute approximate surface area is 122 Å². The van der Waals surface area contributed by atoms with E-state index in [9.17, 15) is 5.11 Å². The van der Waals surface area contributed by atoms with Crippen LogP contribution in [0.3, 0.4) is 0 Å². The van der Waals surface area contributed by atoms with E-state index in [1.54, 1.807) is 7.11 Å². The number of β-amino-alcohol motifs (C(OH)–C–C–N with tert-alkyl or cyclic N) is 1. The second-order valence-corrected chi connectivity index (χ2v) is 5.82. The zero-order chi connectivity index (χ0) is 14.4. The van der Waals surface area contributed by atoms with Crippen molar-refractivity contribution in [2.75, 3.05) is 26.7 Å². The highest BCUT2D eigenvalue weighted by atomic mass is 16.5. The van der Waals surface area contributed by atoms with E-state index in [1.165, 1.54) is 18.4 Å². The number of rotatable bonds is 6. The van der Waals surface area contributed by atoms with Gasteiger partial charge in [-0.2, -0.15) is 0 Å². The van der Waals surface area contributed by atoms with Gasteiger partial charge in [-0.15, -0.1) is 0 Å². The van der Waals surface area contributed by atoms with Gasteiger partial charge in [-0.1, -0.05) is 25.1 Å². The molecule has 112 valence electrons. The van der Waals surface area contributed by atoms with Gasteiger partial charge in [-0.05, 0) is 56.3 Å². The zero-order valence-corrected chi connectivity index (χ0v) is 12.7. The van der Waals surface area contributed by atoms with E-state index in [0.29, 0.717) is 0 Å². The normalized spacial score (nSPS) is 18.9. The van der Waals surface area contributed by atoms with Gasteiger partial charge >= 0.3 is 0 Å². The van der Waals surface area contributed by atoms with Gasteiger partial charge in [-0.25, -0.2) is 0 Å². The Bertz CT molecular complexity index is 400. The van der Waals surface area contributed by atoms with Crippen LogP contribution in [0.15, 0.2) is 24.3 Å². The number of benzene rings is 1. The molecule has 0 spiro atoms. The first-order chi connectivity index (χ1) is 9.72. The molecule has 0 aliphatic carbocycles. The number of likely N-dealkylation sites (tertiary alicyclic amines) is 1. The van der Waals surface area contributed by atoms with Crippen molar-refractivity contribution in [3.63, 3.8) is 0 Å². The molecule has 1 aliphatic heterocycles. The lowest BCUT2D eigenvalue weighted by Gasteiger charge is -2.33. The lowest BCUT2D eigenvalue weighted by molar-refractivity contribution is 0.0868. The van der Waals surface area contributed by atoms with Crippen molar-refractivity contribution < 1.29 is 9.84 Å². The monoisotopic (exact) mass is 277 g/mol. The summed E-state index contributed by atoms with van der Waals surface area (Å²) in [6, 6.07) is 8.33. The van der Waals surface area contributed by atoms with Crippen LogP contribution in [0.5, 0.6) is 5.75 Å². The Morgan fingerprint density at radius 3 is 2.65 bits per heavy atom. The van der Waals surface area contributed by atoms with Gasteiger partial charge in [0.15, 0.2) is 0 Å². The Morgan fingerprint density at radius 2 is 2.00 bits per heavy atom.